The van der Waals surface area contributed by atoms with Crippen molar-refractivity contribution < 1.29 is 19.1 Å². The molecule has 0 saturated carbocycles. The molecule has 0 N–H and O–H groups in total. The second-order valence-electron chi connectivity index (χ2n) is 7.90. The Balaban J connectivity index is 1.52. The molecule has 3 aromatic carbocycles. The summed E-state index contributed by atoms with van der Waals surface area (Å²) in [6.45, 7) is 6.03. The maximum Gasteiger partial charge on any atom is 0.231 e. The molecule has 4 rings (SSSR count). The van der Waals surface area contributed by atoms with Crippen molar-refractivity contribution in [3.05, 3.63) is 100 Å². The number of allylic oxidation sites excluding steroid dienone is 1. The lowest BCUT2D eigenvalue weighted by atomic mass is 10.0. The Morgan fingerprint density at radius 1 is 1.00 bits per heavy atom. The van der Waals surface area contributed by atoms with E-state index in [2.05, 4.69) is 26.0 Å². The maximum absolute atomic E-state index is 12.8. The Hall–Kier alpha value is -3.66. The van der Waals surface area contributed by atoms with E-state index in [1.165, 1.54) is 5.56 Å². The molecule has 0 bridgehead atoms. The standard InChI is InChI=1S/C27H24O4/c1-17(2)20-11-9-19(10-12-20)15-25-26(29)22-13-14-24(18(3)27(22)31-25)30-16-23(28)21-7-5-4-6-8-21/h4-15,17H,16H2,1-3H3/b25-15-. The first-order valence-corrected chi connectivity index (χ1v) is 10.3. The van der Waals surface area contributed by atoms with Crippen molar-refractivity contribution in [3.8, 4) is 11.5 Å². The molecule has 0 amide bonds. The van der Waals surface area contributed by atoms with Gasteiger partial charge in [0.25, 0.3) is 0 Å². The Morgan fingerprint density at radius 3 is 2.39 bits per heavy atom. The van der Waals surface area contributed by atoms with Crippen molar-refractivity contribution >= 4 is 17.6 Å². The van der Waals surface area contributed by atoms with Crippen LogP contribution in [0.3, 0.4) is 0 Å². The lowest BCUT2D eigenvalue weighted by Crippen LogP contribution is -2.12. The van der Waals surface area contributed by atoms with Crippen LogP contribution < -0.4 is 9.47 Å². The van der Waals surface area contributed by atoms with E-state index >= 15 is 0 Å². The third kappa shape index (κ3) is 4.29. The second-order valence-corrected chi connectivity index (χ2v) is 7.90. The summed E-state index contributed by atoms with van der Waals surface area (Å²) in [5, 5.41) is 0. The van der Waals surface area contributed by atoms with Crippen LogP contribution in [0.15, 0.2) is 72.5 Å². The zero-order valence-corrected chi connectivity index (χ0v) is 17.8. The molecule has 4 heteroatoms. The summed E-state index contributed by atoms with van der Waals surface area (Å²) in [5.41, 5.74) is 3.95. The average molecular weight is 412 g/mol. The molecule has 0 radical (unpaired) electrons. The number of rotatable bonds is 6. The lowest BCUT2D eigenvalue weighted by molar-refractivity contribution is 0.0920. The van der Waals surface area contributed by atoms with E-state index < -0.39 is 0 Å². The van der Waals surface area contributed by atoms with Crippen LogP contribution in [0.5, 0.6) is 11.5 Å². The molecule has 1 aliphatic rings. The van der Waals surface area contributed by atoms with Gasteiger partial charge < -0.3 is 9.47 Å². The van der Waals surface area contributed by atoms with Gasteiger partial charge in [0.1, 0.15) is 11.5 Å². The van der Waals surface area contributed by atoms with Crippen molar-refractivity contribution in [1.82, 2.24) is 0 Å². The number of hydrogen-bond donors (Lipinski definition) is 0. The summed E-state index contributed by atoms with van der Waals surface area (Å²) in [6.07, 6.45) is 1.76. The minimum absolute atomic E-state index is 0.0809. The third-order valence-corrected chi connectivity index (χ3v) is 5.39. The highest BCUT2D eigenvalue weighted by Crippen LogP contribution is 2.39. The summed E-state index contributed by atoms with van der Waals surface area (Å²) in [7, 11) is 0. The number of carbonyl (C=O) groups excluding carboxylic acids is 2. The molecule has 1 heterocycles. The van der Waals surface area contributed by atoms with E-state index in [1.807, 2.05) is 37.3 Å². The second kappa shape index (κ2) is 8.60. The zero-order valence-electron chi connectivity index (χ0n) is 17.8. The Labute approximate surface area is 182 Å². The van der Waals surface area contributed by atoms with E-state index in [0.717, 1.165) is 5.56 Å². The molecule has 31 heavy (non-hydrogen) atoms. The molecule has 0 atom stereocenters. The number of fused-ring (bicyclic) bond motifs is 1. The first-order valence-electron chi connectivity index (χ1n) is 10.3. The van der Waals surface area contributed by atoms with Gasteiger partial charge in [0.2, 0.25) is 5.78 Å². The van der Waals surface area contributed by atoms with E-state index in [9.17, 15) is 9.59 Å². The lowest BCUT2D eigenvalue weighted by Gasteiger charge is -2.11. The smallest absolute Gasteiger partial charge is 0.231 e. The van der Waals surface area contributed by atoms with Crippen molar-refractivity contribution in [1.29, 1.82) is 0 Å². The van der Waals surface area contributed by atoms with Gasteiger partial charge in [-0.25, -0.2) is 0 Å². The third-order valence-electron chi connectivity index (χ3n) is 5.39. The van der Waals surface area contributed by atoms with E-state index in [0.29, 0.717) is 34.1 Å². The van der Waals surface area contributed by atoms with E-state index in [1.54, 1.807) is 30.3 Å². The molecule has 0 saturated heterocycles. The van der Waals surface area contributed by atoms with Crippen molar-refractivity contribution in [2.24, 2.45) is 0 Å². The molecule has 156 valence electrons. The number of hydrogen-bond acceptors (Lipinski definition) is 4. The van der Waals surface area contributed by atoms with Crippen LogP contribution in [0.2, 0.25) is 0 Å². The Kier molecular flexibility index (Phi) is 5.72. The molecule has 0 aromatic heterocycles. The van der Waals surface area contributed by atoms with Crippen molar-refractivity contribution in [2.45, 2.75) is 26.7 Å². The van der Waals surface area contributed by atoms with Gasteiger partial charge in [0, 0.05) is 11.1 Å². The minimum Gasteiger partial charge on any atom is -0.485 e. The van der Waals surface area contributed by atoms with Gasteiger partial charge in [0.15, 0.2) is 18.1 Å². The number of ketones is 2. The van der Waals surface area contributed by atoms with Crippen LogP contribution in [0.25, 0.3) is 6.08 Å². The summed E-state index contributed by atoms with van der Waals surface area (Å²) in [6, 6.07) is 20.5. The highest BCUT2D eigenvalue weighted by molar-refractivity contribution is 6.15. The van der Waals surface area contributed by atoms with E-state index in [-0.39, 0.29) is 23.9 Å². The summed E-state index contributed by atoms with van der Waals surface area (Å²) in [5.74, 6) is 1.48. The molecule has 0 unspecified atom stereocenters. The van der Waals surface area contributed by atoms with Crippen molar-refractivity contribution in [3.63, 3.8) is 0 Å². The number of benzene rings is 3. The van der Waals surface area contributed by atoms with Gasteiger partial charge in [-0.3, -0.25) is 9.59 Å². The van der Waals surface area contributed by atoms with Gasteiger partial charge >= 0.3 is 0 Å². The topological polar surface area (TPSA) is 52.6 Å². The fourth-order valence-corrected chi connectivity index (χ4v) is 3.50. The van der Waals surface area contributed by atoms with Crippen molar-refractivity contribution in [2.75, 3.05) is 6.61 Å². The molecule has 4 nitrogen and oxygen atoms in total. The van der Waals surface area contributed by atoms with Crippen LogP contribution in [-0.4, -0.2) is 18.2 Å². The fourth-order valence-electron chi connectivity index (χ4n) is 3.50. The highest BCUT2D eigenvalue weighted by atomic mass is 16.5. The van der Waals surface area contributed by atoms with E-state index in [4.69, 9.17) is 9.47 Å². The predicted octanol–water partition coefficient (Wildman–Crippen LogP) is 6.00. The quantitative estimate of drug-likeness (QED) is 0.368. The monoisotopic (exact) mass is 412 g/mol. The Morgan fingerprint density at radius 2 is 1.71 bits per heavy atom. The highest BCUT2D eigenvalue weighted by Gasteiger charge is 2.30. The first kappa shape index (κ1) is 20.6. The van der Waals surface area contributed by atoms with Crippen LogP contribution in [0, 0.1) is 6.92 Å². The number of ether oxygens (including phenoxy) is 2. The van der Waals surface area contributed by atoms with Crippen LogP contribution in [0.1, 0.15) is 57.2 Å². The first-order chi connectivity index (χ1) is 14.9. The van der Waals surface area contributed by atoms with Gasteiger partial charge in [0.05, 0.1) is 5.56 Å². The molecule has 0 aliphatic carbocycles. The molecule has 0 fully saturated rings. The summed E-state index contributed by atoms with van der Waals surface area (Å²) < 4.78 is 11.7. The van der Waals surface area contributed by atoms with Gasteiger partial charge in [-0.05, 0) is 42.2 Å². The maximum atomic E-state index is 12.8. The average Bonchev–Trinajstić information content (AvgIpc) is 3.10. The number of Topliss-reactive ketones (excluding diaryl/α,β-unsaturated/α-hetero) is 2. The molecule has 3 aromatic rings. The van der Waals surface area contributed by atoms with Crippen LogP contribution >= 0.6 is 0 Å². The summed E-state index contributed by atoms with van der Waals surface area (Å²) in [4.78, 5) is 25.1. The largest absolute Gasteiger partial charge is 0.485 e. The molecule has 0 spiro atoms. The normalized spacial score (nSPS) is 13.9. The SMILES string of the molecule is Cc1c(OCC(=O)c2ccccc2)ccc2c1O/C(=C\c1ccc(C(C)C)cc1)C2=O. The fraction of sp³-hybridized carbons (Fsp3) is 0.185. The van der Waals surface area contributed by atoms with Crippen LogP contribution in [-0.2, 0) is 0 Å². The summed E-state index contributed by atoms with van der Waals surface area (Å²) >= 11 is 0. The van der Waals surface area contributed by atoms with Gasteiger partial charge in [-0.15, -0.1) is 0 Å². The zero-order chi connectivity index (χ0) is 22.0. The van der Waals surface area contributed by atoms with Gasteiger partial charge in [-0.2, -0.15) is 0 Å². The van der Waals surface area contributed by atoms with Gasteiger partial charge in [-0.1, -0.05) is 68.4 Å². The molecular formula is C27H24O4. The molecular weight excluding hydrogens is 388 g/mol. The molecule has 1 aliphatic heterocycles. The number of carbonyl (C=O) groups is 2. The predicted molar refractivity (Wildman–Crippen MR) is 121 cm³/mol. The Bertz CT molecular complexity index is 1160. The minimum atomic E-state index is -0.155. The van der Waals surface area contributed by atoms with Crippen LogP contribution in [0.4, 0.5) is 0 Å².